The van der Waals surface area contributed by atoms with Crippen molar-refractivity contribution >= 4 is 0 Å². The molecule has 3 heteroatoms. The van der Waals surface area contributed by atoms with Gasteiger partial charge in [-0.1, -0.05) is 33.6 Å². The Hall–Kier alpha value is -0.210. The van der Waals surface area contributed by atoms with Gasteiger partial charge in [0, 0.05) is 6.42 Å². The fraction of sp³-hybridized carbons (Fsp3) is 1.00. The smallest absolute Gasteiger partial charge is 0.171 e. The van der Waals surface area contributed by atoms with Crippen LogP contribution in [0.2, 0.25) is 0 Å². The molecule has 0 aromatic rings. The van der Waals surface area contributed by atoms with Crippen LogP contribution < -0.4 is 0 Å². The van der Waals surface area contributed by atoms with Crippen LogP contribution in [0.15, 0.2) is 0 Å². The highest BCUT2D eigenvalue weighted by Gasteiger charge is 2.32. The normalized spacial score (nSPS) is 15.2. The molecule has 0 nitrogen and oxygen atoms in total. The summed E-state index contributed by atoms with van der Waals surface area (Å²) in [6.07, 6.45) is -3.11. The molecule has 74 valence electrons. The summed E-state index contributed by atoms with van der Waals surface area (Å²) in [7, 11) is 0. The van der Waals surface area contributed by atoms with Crippen molar-refractivity contribution in [2.24, 2.45) is 11.8 Å². The van der Waals surface area contributed by atoms with Crippen LogP contribution in [-0.4, -0.2) is 6.18 Å². The fourth-order valence-electron chi connectivity index (χ4n) is 1.34. The van der Waals surface area contributed by atoms with Crippen molar-refractivity contribution in [3.8, 4) is 0 Å². The highest BCUT2D eigenvalue weighted by Crippen LogP contribution is 2.31. The molecule has 0 aromatic heterocycles. The minimum absolute atomic E-state index is 0.131. The molecule has 0 heterocycles. The van der Waals surface area contributed by atoms with E-state index in [4.69, 9.17) is 0 Å². The summed E-state index contributed by atoms with van der Waals surface area (Å²) in [6.45, 7) is 5.63. The first-order chi connectivity index (χ1) is 5.37. The zero-order valence-corrected chi connectivity index (χ0v) is 7.91. The third kappa shape index (κ3) is 5.44. The molecule has 1 unspecified atom stereocenters. The second kappa shape index (κ2) is 4.73. The van der Waals surface area contributed by atoms with E-state index in [0.29, 0.717) is 6.42 Å². The standard InChI is InChI=1S/C9H17F3/c1-4-5-8(7(2)3)6-9(10,11)12/h7-8H,4-6H2,1-3H3. The lowest BCUT2D eigenvalue weighted by Crippen LogP contribution is -2.19. The van der Waals surface area contributed by atoms with Crippen LogP contribution in [0.3, 0.4) is 0 Å². The van der Waals surface area contributed by atoms with Gasteiger partial charge < -0.3 is 0 Å². The summed E-state index contributed by atoms with van der Waals surface area (Å²) in [4.78, 5) is 0. The highest BCUT2D eigenvalue weighted by atomic mass is 19.4. The predicted octanol–water partition coefficient (Wildman–Crippen LogP) is 4.01. The van der Waals surface area contributed by atoms with Crippen molar-refractivity contribution in [1.82, 2.24) is 0 Å². The van der Waals surface area contributed by atoms with Crippen LogP contribution in [0.4, 0.5) is 13.2 Å². The van der Waals surface area contributed by atoms with Gasteiger partial charge in [-0.05, 0) is 11.8 Å². The third-order valence-electron chi connectivity index (χ3n) is 2.10. The lowest BCUT2D eigenvalue weighted by Gasteiger charge is -2.21. The summed E-state index contributed by atoms with van der Waals surface area (Å²) >= 11 is 0. The highest BCUT2D eigenvalue weighted by molar-refractivity contribution is 4.66. The summed E-state index contributed by atoms with van der Waals surface area (Å²) in [5.74, 6) is -0.0680. The minimum atomic E-state index is -4.00. The van der Waals surface area contributed by atoms with Gasteiger partial charge in [0.2, 0.25) is 0 Å². The van der Waals surface area contributed by atoms with Crippen LogP contribution >= 0.6 is 0 Å². The lowest BCUT2D eigenvalue weighted by molar-refractivity contribution is -0.148. The summed E-state index contributed by atoms with van der Waals surface area (Å²) in [5.41, 5.74) is 0. The SMILES string of the molecule is CCCC(CC(F)(F)F)C(C)C. The molecular weight excluding hydrogens is 165 g/mol. The van der Waals surface area contributed by atoms with E-state index in [0.717, 1.165) is 6.42 Å². The number of halogens is 3. The molecule has 0 bridgehead atoms. The van der Waals surface area contributed by atoms with E-state index in [1.54, 1.807) is 0 Å². The Morgan fingerprint density at radius 1 is 1.17 bits per heavy atom. The Balaban J connectivity index is 3.95. The van der Waals surface area contributed by atoms with Gasteiger partial charge >= 0.3 is 6.18 Å². The van der Waals surface area contributed by atoms with Crippen LogP contribution in [0.5, 0.6) is 0 Å². The quantitative estimate of drug-likeness (QED) is 0.616. The van der Waals surface area contributed by atoms with Gasteiger partial charge in [0.1, 0.15) is 0 Å². The first-order valence-corrected chi connectivity index (χ1v) is 4.43. The van der Waals surface area contributed by atoms with Gasteiger partial charge in [-0.15, -0.1) is 0 Å². The maximum absolute atomic E-state index is 12.0. The Morgan fingerprint density at radius 2 is 1.67 bits per heavy atom. The Labute approximate surface area is 72.2 Å². The van der Waals surface area contributed by atoms with Gasteiger partial charge in [-0.3, -0.25) is 0 Å². The molecule has 0 aromatic carbocycles. The topological polar surface area (TPSA) is 0 Å². The molecule has 0 rings (SSSR count). The van der Waals surface area contributed by atoms with Crippen molar-refractivity contribution in [2.75, 3.05) is 0 Å². The molecule has 0 fully saturated rings. The summed E-state index contributed by atoms with van der Waals surface area (Å²) in [6, 6.07) is 0. The maximum Gasteiger partial charge on any atom is 0.389 e. The van der Waals surface area contributed by atoms with E-state index in [2.05, 4.69) is 0 Å². The molecule has 0 aliphatic rings. The maximum atomic E-state index is 12.0. The van der Waals surface area contributed by atoms with Crippen LogP contribution in [0.1, 0.15) is 40.0 Å². The van der Waals surface area contributed by atoms with Gasteiger partial charge in [0.05, 0.1) is 0 Å². The zero-order valence-electron chi connectivity index (χ0n) is 7.91. The summed E-state index contributed by atoms with van der Waals surface area (Å²) in [5, 5.41) is 0. The molecule has 0 N–H and O–H groups in total. The Kier molecular flexibility index (Phi) is 4.64. The van der Waals surface area contributed by atoms with E-state index < -0.39 is 12.6 Å². The first kappa shape index (κ1) is 11.8. The summed E-state index contributed by atoms with van der Waals surface area (Å²) < 4.78 is 36.0. The minimum Gasteiger partial charge on any atom is -0.171 e. The molecular formula is C9H17F3. The Morgan fingerprint density at radius 3 is 1.92 bits per heavy atom. The fourth-order valence-corrected chi connectivity index (χ4v) is 1.34. The average Bonchev–Trinajstić information content (AvgIpc) is 1.83. The molecule has 0 spiro atoms. The number of hydrogen-bond acceptors (Lipinski definition) is 0. The van der Waals surface area contributed by atoms with E-state index in [1.807, 2.05) is 20.8 Å². The zero-order chi connectivity index (χ0) is 9.78. The molecule has 1 atom stereocenters. The second-order valence-corrected chi connectivity index (χ2v) is 3.61. The van der Waals surface area contributed by atoms with Crippen molar-refractivity contribution in [3.05, 3.63) is 0 Å². The van der Waals surface area contributed by atoms with E-state index in [1.165, 1.54) is 0 Å². The Bertz CT molecular complexity index is 115. The van der Waals surface area contributed by atoms with E-state index >= 15 is 0 Å². The van der Waals surface area contributed by atoms with Gasteiger partial charge in [-0.2, -0.15) is 13.2 Å². The largest absolute Gasteiger partial charge is 0.389 e. The van der Waals surface area contributed by atoms with Crippen molar-refractivity contribution in [3.63, 3.8) is 0 Å². The van der Waals surface area contributed by atoms with Gasteiger partial charge in [0.25, 0.3) is 0 Å². The number of rotatable bonds is 4. The average molecular weight is 182 g/mol. The third-order valence-corrected chi connectivity index (χ3v) is 2.10. The van der Waals surface area contributed by atoms with Crippen LogP contribution in [0, 0.1) is 11.8 Å². The molecule has 0 aliphatic heterocycles. The molecule has 0 radical (unpaired) electrons. The molecule has 0 aliphatic carbocycles. The lowest BCUT2D eigenvalue weighted by atomic mass is 9.88. The predicted molar refractivity (Wildman–Crippen MR) is 43.9 cm³/mol. The monoisotopic (exact) mass is 182 g/mol. The van der Waals surface area contributed by atoms with Crippen LogP contribution in [0.25, 0.3) is 0 Å². The van der Waals surface area contributed by atoms with Gasteiger partial charge in [-0.25, -0.2) is 0 Å². The van der Waals surface area contributed by atoms with Crippen molar-refractivity contribution in [1.29, 1.82) is 0 Å². The van der Waals surface area contributed by atoms with Gasteiger partial charge in [0.15, 0.2) is 0 Å². The van der Waals surface area contributed by atoms with Crippen molar-refractivity contribution < 1.29 is 13.2 Å². The molecule has 0 saturated carbocycles. The first-order valence-electron chi connectivity index (χ1n) is 4.43. The van der Waals surface area contributed by atoms with E-state index in [-0.39, 0.29) is 11.8 Å². The van der Waals surface area contributed by atoms with Crippen LogP contribution in [-0.2, 0) is 0 Å². The second-order valence-electron chi connectivity index (χ2n) is 3.61. The number of hydrogen-bond donors (Lipinski definition) is 0. The molecule has 12 heavy (non-hydrogen) atoms. The van der Waals surface area contributed by atoms with Crippen molar-refractivity contribution in [2.45, 2.75) is 46.2 Å². The number of alkyl halides is 3. The molecule has 0 amide bonds. The molecule has 0 saturated heterocycles. The van der Waals surface area contributed by atoms with E-state index in [9.17, 15) is 13.2 Å².